The normalized spacial score (nSPS) is 12.5. The van der Waals surface area contributed by atoms with Crippen LogP contribution in [0.25, 0.3) is 0 Å². The maximum atomic E-state index is 9.49. The standard InChI is InChI=1S/C19H24O2/c1-3-4-5-14(2)19(15-6-10-17(20)11-7-15)16-8-12-18(21)13-9-16/h6-14,19-21H,3-5H2,1-2H3. The minimum Gasteiger partial charge on any atom is -0.508 e. The van der Waals surface area contributed by atoms with Crippen LogP contribution >= 0.6 is 0 Å². The zero-order valence-corrected chi connectivity index (χ0v) is 12.8. The lowest BCUT2D eigenvalue weighted by Crippen LogP contribution is -2.11. The summed E-state index contributed by atoms with van der Waals surface area (Å²) < 4.78 is 0. The molecule has 0 saturated heterocycles. The molecule has 0 amide bonds. The molecule has 21 heavy (non-hydrogen) atoms. The molecule has 1 unspecified atom stereocenters. The quantitative estimate of drug-likeness (QED) is 0.778. The molecule has 0 fully saturated rings. The number of aromatic hydroxyl groups is 2. The van der Waals surface area contributed by atoms with Crippen LogP contribution in [0.4, 0.5) is 0 Å². The molecule has 0 saturated carbocycles. The largest absolute Gasteiger partial charge is 0.508 e. The first kappa shape index (κ1) is 15.4. The van der Waals surface area contributed by atoms with Crippen molar-refractivity contribution in [1.82, 2.24) is 0 Å². The third kappa shape index (κ3) is 4.01. The minimum absolute atomic E-state index is 0.290. The molecule has 2 heteroatoms. The van der Waals surface area contributed by atoms with Gasteiger partial charge in [-0.15, -0.1) is 0 Å². The number of phenols is 2. The summed E-state index contributed by atoms with van der Waals surface area (Å²) in [6.45, 7) is 4.49. The van der Waals surface area contributed by atoms with Gasteiger partial charge in [0.2, 0.25) is 0 Å². The molecule has 0 aromatic heterocycles. The summed E-state index contributed by atoms with van der Waals surface area (Å²) in [6, 6.07) is 15.0. The Balaban J connectivity index is 2.33. The lowest BCUT2D eigenvalue weighted by Gasteiger charge is -2.25. The van der Waals surface area contributed by atoms with E-state index in [1.165, 1.54) is 30.4 Å². The molecular formula is C19H24O2. The third-order valence-corrected chi connectivity index (χ3v) is 4.09. The smallest absolute Gasteiger partial charge is 0.115 e. The number of benzene rings is 2. The van der Waals surface area contributed by atoms with Crippen molar-refractivity contribution < 1.29 is 10.2 Å². The molecule has 0 aliphatic heterocycles. The van der Waals surface area contributed by atoms with Crippen LogP contribution in [0.15, 0.2) is 48.5 Å². The van der Waals surface area contributed by atoms with Crippen LogP contribution in [-0.4, -0.2) is 10.2 Å². The number of hydrogen-bond acceptors (Lipinski definition) is 2. The Kier molecular flexibility index (Phi) is 5.26. The monoisotopic (exact) mass is 284 g/mol. The molecule has 2 rings (SSSR count). The van der Waals surface area contributed by atoms with Crippen LogP contribution in [0.2, 0.25) is 0 Å². The van der Waals surface area contributed by atoms with Crippen molar-refractivity contribution in [3.05, 3.63) is 59.7 Å². The summed E-state index contributed by atoms with van der Waals surface area (Å²) in [5.74, 6) is 1.39. The van der Waals surface area contributed by atoms with Crippen LogP contribution in [0.3, 0.4) is 0 Å². The Bertz CT molecular complexity index is 497. The summed E-state index contributed by atoms with van der Waals surface area (Å²) >= 11 is 0. The van der Waals surface area contributed by atoms with Crippen LogP contribution in [0.5, 0.6) is 11.5 Å². The van der Waals surface area contributed by atoms with Gasteiger partial charge < -0.3 is 10.2 Å². The number of phenolic OH excluding ortho intramolecular Hbond substituents is 2. The molecule has 0 aliphatic carbocycles. The number of rotatable bonds is 6. The van der Waals surface area contributed by atoms with E-state index in [4.69, 9.17) is 0 Å². The highest BCUT2D eigenvalue weighted by molar-refractivity contribution is 5.38. The predicted molar refractivity (Wildman–Crippen MR) is 86.7 cm³/mol. The molecule has 0 spiro atoms. The first-order valence-electron chi connectivity index (χ1n) is 7.69. The molecule has 0 aliphatic rings. The second-order valence-corrected chi connectivity index (χ2v) is 5.78. The van der Waals surface area contributed by atoms with E-state index in [0.717, 1.165) is 0 Å². The summed E-state index contributed by atoms with van der Waals surface area (Å²) in [7, 11) is 0. The van der Waals surface area contributed by atoms with E-state index in [-0.39, 0.29) is 5.92 Å². The van der Waals surface area contributed by atoms with Gasteiger partial charge in [0.25, 0.3) is 0 Å². The van der Waals surface area contributed by atoms with E-state index >= 15 is 0 Å². The average molecular weight is 284 g/mol. The van der Waals surface area contributed by atoms with Gasteiger partial charge in [0, 0.05) is 5.92 Å². The van der Waals surface area contributed by atoms with Gasteiger partial charge in [-0.1, -0.05) is 51.0 Å². The van der Waals surface area contributed by atoms with Crippen molar-refractivity contribution in [3.63, 3.8) is 0 Å². The SMILES string of the molecule is CCCCC(C)C(c1ccc(O)cc1)c1ccc(O)cc1. The van der Waals surface area contributed by atoms with Crippen molar-refractivity contribution in [2.24, 2.45) is 5.92 Å². The highest BCUT2D eigenvalue weighted by Gasteiger charge is 2.21. The zero-order chi connectivity index (χ0) is 15.2. The predicted octanol–water partition coefficient (Wildman–Crippen LogP) is 5.06. The second kappa shape index (κ2) is 7.16. The molecular weight excluding hydrogens is 260 g/mol. The maximum absolute atomic E-state index is 9.49. The minimum atomic E-state index is 0.290. The zero-order valence-electron chi connectivity index (χ0n) is 12.8. The van der Waals surface area contributed by atoms with Crippen LogP contribution < -0.4 is 0 Å². The Morgan fingerprint density at radius 2 is 1.24 bits per heavy atom. The van der Waals surface area contributed by atoms with Gasteiger partial charge in [-0.2, -0.15) is 0 Å². The summed E-state index contributed by atoms with van der Waals surface area (Å²) in [5.41, 5.74) is 2.42. The fourth-order valence-electron chi connectivity index (χ4n) is 2.91. The first-order valence-corrected chi connectivity index (χ1v) is 7.69. The third-order valence-electron chi connectivity index (χ3n) is 4.09. The van der Waals surface area contributed by atoms with E-state index in [1.54, 1.807) is 24.3 Å². The van der Waals surface area contributed by atoms with Gasteiger partial charge >= 0.3 is 0 Å². The fourth-order valence-corrected chi connectivity index (χ4v) is 2.91. The van der Waals surface area contributed by atoms with E-state index < -0.39 is 0 Å². The number of hydrogen-bond donors (Lipinski definition) is 2. The molecule has 0 heterocycles. The second-order valence-electron chi connectivity index (χ2n) is 5.78. The fraction of sp³-hybridized carbons (Fsp3) is 0.368. The van der Waals surface area contributed by atoms with Crippen molar-refractivity contribution >= 4 is 0 Å². The van der Waals surface area contributed by atoms with Gasteiger partial charge in [-0.3, -0.25) is 0 Å². The Morgan fingerprint density at radius 3 is 1.62 bits per heavy atom. The highest BCUT2D eigenvalue weighted by atomic mass is 16.3. The van der Waals surface area contributed by atoms with Crippen molar-refractivity contribution in [2.45, 2.75) is 39.0 Å². The van der Waals surface area contributed by atoms with Crippen LogP contribution in [-0.2, 0) is 0 Å². The van der Waals surface area contributed by atoms with Gasteiger partial charge in [-0.25, -0.2) is 0 Å². The molecule has 1 atom stereocenters. The topological polar surface area (TPSA) is 40.5 Å². The molecule has 2 aromatic rings. The Labute approximate surface area is 127 Å². The molecule has 0 radical (unpaired) electrons. The molecule has 0 bridgehead atoms. The molecule has 112 valence electrons. The van der Waals surface area contributed by atoms with Crippen molar-refractivity contribution in [1.29, 1.82) is 0 Å². The summed E-state index contributed by atoms with van der Waals surface area (Å²) in [6.07, 6.45) is 3.58. The van der Waals surface area contributed by atoms with E-state index in [0.29, 0.717) is 17.4 Å². The molecule has 2 aromatic carbocycles. The lowest BCUT2D eigenvalue weighted by molar-refractivity contribution is 0.450. The van der Waals surface area contributed by atoms with Gasteiger partial charge in [0.1, 0.15) is 11.5 Å². The van der Waals surface area contributed by atoms with Crippen LogP contribution in [0.1, 0.15) is 50.2 Å². The lowest BCUT2D eigenvalue weighted by atomic mass is 9.79. The van der Waals surface area contributed by atoms with E-state index in [1.807, 2.05) is 24.3 Å². The van der Waals surface area contributed by atoms with E-state index in [2.05, 4.69) is 13.8 Å². The van der Waals surface area contributed by atoms with Crippen LogP contribution in [0, 0.1) is 5.92 Å². The van der Waals surface area contributed by atoms with Gasteiger partial charge in [-0.05, 0) is 47.7 Å². The maximum Gasteiger partial charge on any atom is 0.115 e. The Hall–Kier alpha value is -1.96. The molecule has 2 N–H and O–H groups in total. The van der Waals surface area contributed by atoms with Crippen molar-refractivity contribution in [3.8, 4) is 11.5 Å². The van der Waals surface area contributed by atoms with E-state index in [9.17, 15) is 10.2 Å². The van der Waals surface area contributed by atoms with Gasteiger partial charge in [0.15, 0.2) is 0 Å². The van der Waals surface area contributed by atoms with Gasteiger partial charge in [0.05, 0.1) is 0 Å². The molecule has 2 nitrogen and oxygen atoms in total. The van der Waals surface area contributed by atoms with Crippen molar-refractivity contribution in [2.75, 3.05) is 0 Å². The highest BCUT2D eigenvalue weighted by Crippen LogP contribution is 2.35. The summed E-state index contributed by atoms with van der Waals surface area (Å²) in [4.78, 5) is 0. The number of unbranched alkanes of at least 4 members (excludes halogenated alkanes) is 1. The summed E-state index contributed by atoms with van der Waals surface area (Å²) in [5, 5.41) is 19.0. The average Bonchev–Trinajstić information content (AvgIpc) is 2.49. The first-order chi connectivity index (χ1) is 10.1. The Morgan fingerprint density at radius 1 is 0.810 bits per heavy atom.